The number of likely N-dealkylation sites (tertiary alicyclic amines) is 1. The third kappa shape index (κ3) is 6.22. The first-order valence-corrected chi connectivity index (χ1v) is 13.8. The number of amides is 1. The van der Waals surface area contributed by atoms with Crippen molar-refractivity contribution in [2.45, 2.75) is 43.4 Å². The average Bonchev–Trinajstić information content (AvgIpc) is 2.94. The van der Waals surface area contributed by atoms with Crippen molar-refractivity contribution >= 4 is 11.6 Å². The third-order valence-corrected chi connectivity index (χ3v) is 8.49. The van der Waals surface area contributed by atoms with Crippen molar-refractivity contribution in [3.63, 3.8) is 0 Å². The van der Waals surface area contributed by atoms with E-state index in [1.54, 1.807) is 23.1 Å². The molecule has 1 amide bonds. The van der Waals surface area contributed by atoms with Gasteiger partial charge in [0.1, 0.15) is 11.6 Å². The van der Waals surface area contributed by atoms with Gasteiger partial charge in [0.25, 0.3) is 0 Å². The monoisotopic (exact) mass is 529 g/mol. The van der Waals surface area contributed by atoms with E-state index < -0.39 is 0 Å². The van der Waals surface area contributed by atoms with Crippen LogP contribution in [0.25, 0.3) is 0 Å². The highest BCUT2D eigenvalue weighted by Crippen LogP contribution is 2.47. The second-order valence-corrected chi connectivity index (χ2v) is 11.1. The summed E-state index contributed by atoms with van der Waals surface area (Å²) in [6.07, 6.45) is 4.08. The number of carbonyl (C=O) groups is 1. The lowest BCUT2D eigenvalue weighted by atomic mass is 9.67. The Morgan fingerprint density at radius 1 is 1.03 bits per heavy atom. The van der Waals surface area contributed by atoms with E-state index in [9.17, 15) is 13.6 Å². The lowest BCUT2D eigenvalue weighted by Crippen LogP contribution is -2.45. The number of likely N-dealkylation sites (N-methyl/N-ethyl adjacent to an activating group) is 1. The maximum atomic E-state index is 14.2. The molecule has 39 heavy (non-hydrogen) atoms. The van der Waals surface area contributed by atoms with Crippen molar-refractivity contribution in [2.75, 3.05) is 38.5 Å². The Morgan fingerprint density at radius 3 is 2.44 bits per heavy atom. The van der Waals surface area contributed by atoms with Crippen LogP contribution in [-0.4, -0.2) is 48.9 Å². The van der Waals surface area contributed by atoms with E-state index >= 15 is 0 Å². The molecule has 0 saturated carbocycles. The van der Waals surface area contributed by atoms with Crippen molar-refractivity contribution in [1.29, 1.82) is 0 Å². The number of allylic oxidation sites excluding steroid dienone is 1. The normalized spacial score (nSPS) is 17.4. The highest BCUT2D eigenvalue weighted by molar-refractivity contribution is 5.83. The number of fused-ring (bicyclic) bond motifs is 2. The molecule has 3 aromatic rings. The van der Waals surface area contributed by atoms with Crippen LogP contribution in [0, 0.1) is 11.6 Å². The van der Waals surface area contributed by atoms with Gasteiger partial charge in [-0.05, 0) is 98.8 Å². The van der Waals surface area contributed by atoms with Crippen LogP contribution in [0.4, 0.5) is 14.5 Å². The first-order valence-electron chi connectivity index (χ1n) is 13.8. The molecule has 1 atom stereocenters. The number of nitrogens with zero attached hydrogens (tertiary/aromatic N) is 2. The molecule has 3 aromatic carbocycles. The maximum absolute atomic E-state index is 14.2. The number of nitrogens with one attached hydrogen (secondary N) is 1. The van der Waals surface area contributed by atoms with E-state index in [-0.39, 0.29) is 28.9 Å². The van der Waals surface area contributed by atoms with Crippen molar-refractivity contribution in [2.24, 2.45) is 0 Å². The number of anilines is 1. The largest absolute Gasteiger partial charge is 0.359 e. The Balaban J connectivity index is 1.25. The Morgan fingerprint density at radius 2 is 1.72 bits per heavy atom. The van der Waals surface area contributed by atoms with Crippen LogP contribution in [-0.2, 0) is 16.6 Å². The molecule has 204 valence electrons. The van der Waals surface area contributed by atoms with Gasteiger partial charge in [-0.15, -0.1) is 0 Å². The van der Waals surface area contributed by atoms with Gasteiger partial charge in [-0.1, -0.05) is 49.0 Å². The van der Waals surface area contributed by atoms with Crippen LogP contribution in [0.5, 0.6) is 0 Å². The van der Waals surface area contributed by atoms with Crippen LogP contribution in [0.3, 0.4) is 0 Å². The highest BCUT2D eigenvalue weighted by Gasteiger charge is 2.41. The fourth-order valence-electron chi connectivity index (χ4n) is 6.21. The zero-order valence-corrected chi connectivity index (χ0v) is 22.6. The van der Waals surface area contributed by atoms with Gasteiger partial charge >= 0.3 is 0 Å². The molecule has 2 heterocycles. The van der Waals surface area contributed by atoms with Crippen molar-refractivity contribution in [3.8, 4) is 0 Å². The minimum atomic E-state index is -0.337. The smallest absolute Gasteiger partial charge is 0.229 e. The minimum Gasteiger partial charge on any atom is -0.359 e. The minimum absolute atomic E-state index is 0.0603. The van der Waals surface area contributed by atoms with Gasteiger partial charge in [-0.25, -0.2) is 8.78 Å². The van der Waals surface area contributed by atoms with Crippen molar-refractivity contribution < 1.29 is 13.6 Å². The Hall–Kier alpha value is -3.51. The fourth-order valence-corrected chi connectivity index (χ4v) is 6.21. The van der Waals surface area contributed by atoms with E-state index in [4.69, 9.17) is 0 Å². The molecule has 1 spiro atoms. The predicted molar refractivity (Wildman–Crippen MR) is 153 cm³/mol. The van der Waals surface area contributed by atoms with Gasteiger partial charge in [0, 0.05) is 30.4 Å². The molecule has 0 aliphatic carbocycles. The van der Waals surface area contributed by atoms with Gasteiger partial charge in [-0.2, -0.15) is 0 Å². The summed E-state index contributed by atoms with van der Waals surface area (Å²) in [6, 6.07) is 21.5. The highest BCUT2D eigenvalue weighted by atomic mass is 19.1. The van der Waals surface area contributed by atoms with Gasteiger partial charge < -0.3 is 15.1 Å². The number of hydrogen-bond acceptors (Lipinski definition) is 3. The Bertz CT molecular complexity index is 1300. The zero-order valence-electron chi connectivity index (χ0n) is 22.6. The summed E-state index contributed by atoms with van der Waals surface area (Å²) in [5.74, 6) is -0.785. The summed E-state index contributed by atoms with van der Waals surface area (Å²) in [5, 5.41) is 3.33. The standard InChI is InChI=1S/C33H37F2N3O/c1-24-23-33(30-22-28(35)12-13-31(30)36-24)16-20-38(21-17-33)19-15-29(26-8-10-27(34)11-9-26)32(39)37(2)18-14-25-6-4-3-5-7-25/h3-13,22,29,36H,1,14-21,23H2,2H3. The van der Waals surface area contributed by atoms with E-state index in [2.05, 4.69) is 28.9 Å². The Kier molecular flexibility index (Phi) is 8.12. The quantitative estimate of drug-likeness (QED) is 0.362. The van der Waals surface area contributed by atoms with Gasteiger partial charge in [0.05, 0.1) is 5.92 Å². The second-order valence-electron chi connectivity index (χ2n) is 11.1. The summed E-state index contributed by atoms with van der Waals surface area (Å²) < 4.78 is 27.9. The van der Waals surface area contributed by atoms with Gasteiger partial charge in [0.15, 0.2) is 0 Å². The molecule has 6 heteroatoms. The number of piperidine rings is 1. The van der Waals surface area contributed by atoms with E-state index in [1.165, 1.54) is 23.8 Å². The third-order valence-electron chi connectivity index (χ3n) is 8.49. The maximum Gasteiger partial charge on any atom is 0.229 e. The number of rotatable bonds is 8. The van der Waals surface area contributed by atoms with Crippen LogP contribution >= 0.6 is 0 Å². The van der Waals surface area contributed by atoms with E-state index in [0.29, 0.717) is 13.0 Å². The summed E-state index contributed by atoms with van der Waals surface area (Å²) in [7, 11) is 1.85. The summed E-state index contributed by atoms with van der Waals surface area (Å²) in [6.45, 7) is 7.33. The molecule has 2 aliphatic heterocycles. The number of benzene rings is 3. The van der Waals surface area contributed by atoms with E-state index in [1.807, 2.05) is 31.3 Å². The summed E-state index contributed by atoms with van der Waals surface area (Å²) >= 11 is 0. The number of carbonyl (C=O) groups excluding carboxylic acids is 1. The molecule has 0 radical (unpaired) electrons. The molecular formula is C33H37F2N3O. The van der Waals surface area contributed by atoms with Crippen LogP contribution in [0.15, 0.2) is 85.1 Å². The molecule has 1 unspecified atom stereocenters. The first kappa shape index (κ1) is 27.1. The lowest BCUT2D eigenvalue weighted by Gasteiger charge is -2.46. The van der Waals surface area contributed by atoms with Gasteiger partial charge in [0.2, 0.25) is 5.91 Å². The average molecular weight is 530 g/mol. The molecule has 5 rings (SSSR count). The first-order chi connectivity index (χ1) is 18.8. The van der Waals surface area contributed by atoms with Crippen LogP contribution < -0.4 is 5.32 Å². The number of halogens is 2. The van der Waals surface area contributed by atoms with Crippen LogP contribution in [0.2, 0.25) is 0 Å². The molecule has 0 bridgehead atoms. The molecule has 1 N–H and O–H groups in total. The SMILES string of the molecule is C=C1CC2(CCN(CCC(C(=O)N(C)CCc3ccccc3)c3ccc(F)cc3)CC2)c2cc(F)ccc2N1. The number of hydrogen-bond donors (Lipinski definition) is 1. The Labute approximate surface area is 230 Å². The summed E-state index contributed by atoms with van der Waals surface area (Å²) in [4.78, 5) is 17.8. The fraction of sp³-hybridized carbons (Fsp3) is 0.364. The lowest BCUT2D eigenvalue weighted by molar-refractivity contribution is -0.131. The van der Waals surface area contributed by atoms with Crippen molar-refractivity contribution in [3.05, 3.63) is 113 Å². The van der Waals surface area contributed by atoms with Crippen LogP contribution in [0.1, 0.15) is 48.3 Å². The molecule has 2 aliphatic rings. The second kappa shape index (κ2) is 11.7. The predicted octanol–water partition coefficient (Wildman–Crippen LogP) is 6.50. The molecule has 1 saturated heterocycles. The van der Waals surface area contributed by atoms with Gasteiger partial charge in [-0.3, -0.25) is 4.79 Å². The molecule has 4 nitrogen and oxygen atoms in total. The van der Waals surface area contributed by atoms with E-state index in [0.717, 1.165) is 67.8 Å². The topological polar surface area (TPSA) is 35.6 Å². The summed E-state index contributed by atoms with van der Waals surface area (Å²) in [5.41, 5.74) is 4.92. The molecule has 1 fully saturated rings. The molecular weight excluding hydrogens is 492 g/mol. The zero-order chi connectivity index (χ0) is 27.4. The molecule has 0 aromatic heterocycles. The van der Waals surface area contributed by atoms with Crippen molar-refractivity contribution in [1.82, 2.24) is 9.80 Å².